The minimum absolute atomic E-state index is 0.0310. The standard InChI is InChI=1S/C18H22FNO2/c1-22-13-17(21)11-12-20-18(14-5-3-2-4-6-14)15-7-9-16(19)10-8-15/h2-10,17-18,20-21H,11-13H2,1H3. The maximum atomic E-state index is 13.1. The van der Waals surface area contributed by atoms with E-state index in [1.54, 1.807) is 19.2 Å². The van der Waals surface area contributed by atoms with Crippen molar-refractivity contribution < 1.29 is 14.2 Å². The molecule has 0 saturated carbocycles. The van der Waals surface area contributed by atoms with E-state index in [9.17, 15) is 9.50 Å². The van der Waals surface area contributed by atoms with Gasteiger partial charge in [0.1, 0.15) is 5.82 Å². The Balaban J connectivity index is 2.07. The van der Waals surface area contributed by atoms with Crippen molar-refractivity contribution in [3.8, 4) is 0 Å². The molecule has 2 rings (SSSR count). The number of rotatable bonds is 8. The minimum Gasteiger partial charge on any atom is -0.391 e. The van der Waals surface area contributed by atoms with Crippen molar-refractivity contribution in [2.45, 2.75) is 18.6 Å². The highest BCUT2D eigenvalue weighted by molar-refractivity contribution is 5.31. The van der Waals surface area contributed by atoms with Crippen LogP contribution in [0.2, 0.25) is 0 Å². The smallest absolute Gasteiger partial charge is 0.123 e. The van der Waals surface area contributed by atoms with Crippen LogP contribution in [0.4, 0.5) is 4.39 Å². The summed E-state index contributed by atoms with van der Waals surface area (Å²) in [4.78, 5) is 0. The molecule has 118 valence electrons. The maximum Gasteiger partial charge on any atom is 0.123 e. The summed E-state index contributed by atoms with van der Waals surface area (Å²) in [6.45, 7) is 0.968. The van der Waals surface area contributed by atoms with E-state index in [1.807, 2.05) is 30.3 Å². The third kappa shape index (κ3) is 4.91. The zero-order valence-electron chi connectivity index (χ0n) is 12.7. The quantitative estimate of drug-likeness (QED) is 0.788. The molecule has 3 nitrogen and oxygen atoms in total. The number of aliphatic hydroxyl groups is 1. The van der Waals surface area contributed by atoms with Crippen molar-refractivity contribution in [1.82, 2.24) is 5.32 Å². The summed E-state index contributed by atoms with van der Waals surface area (Å²) in [5.41, 5.74) is 2.10. The largest absolute Gasteiger partial charge is 0.391 e. The molecule has 22 heavy (non-hydrogen) atoms. The summed E-state index contributed by atoms with van der Waals surface area (Å²) < 4.78 is 18.1. The summed E-state index contributed by atoms with van der Waals surface area (Å²) in [6, 6.07) is 16.5. The van der Waals surface area contributed by atoms with Gasteiger partial charge in [-0.2, -0.15) is 0 Å². The Hall–Kier alpha value is -1.75. The van der Waals surface area contributed by atoms with Gasteiger partial charge in [-0.15, -0.1) is 0 Å². The van der Waals surface area contributed by atoms with Gasteiger partial charge < -0.3 is 15.2 Å². The lowest BCUT2D eigenvalue weighted by molar-refractivity contribution is 0.0591. The number of aliphatic hydroxyl groups excluding tert-OH is 1. The van der Waals surface area contributed by atoms with Gasteiger partial charge in [0.25, 0.3) is 0 Å². The zero-order valence-corrected chi connectivity index (χ0v) is 12.7. The first-order chi connectivity index (χ1) is 10.7. The van der Waals surface area contributed by atoms with Crippen molar-refractivity contribution in [2.24, 2.45) is 0 Å². The van der Waals surface area contributed by atoms with Crippen LogP contribution < -0.4 is 5.32 Å². The monoisotopic (exact) mass is 303 g/mol. The molecule has 2 aromatic rings. The van der Waals surface area contributed by atoms with E-state index in [2.05, 4.69) is 5.32 Å². The van der Waals surface area contributed by atoms with E-state index < -0.39 is 6.10 Å². The second kappa shape index (κ2) is 8.63. The van der Waals surface area contributed by atoms with Crippen molar-refractivity contribution in [3.63, 3.8) is 0 Å². The Labute approximate surface area is 130 Å². The highest BCUT2D eigenvalue weighted by atomic mass is 19.1. The highest BCUT2D eigenvalue weighted by Gasteiger charge is 2.14. The molecule has 4 heteroatoms. The lowest BCUT2D eigenvalue weighted by Crippen LogP contribution is -2.27. The van der Waals surface area contributed by atoms with Crippen LogP contribution in [0, 0.1) is 5.82 Å². The Kier molecular flexibility index (Phi) is 6.52. The summed E-state index contributed by atoms with van der Waals surface area (Å²) in [7, 11) is 1.57. The second-order valence-corrected chi connectivity index (χ2v) is 5.25. The van der Waals surface area contributed by atoms with Crippen molar-refractivity contribution in [1.29, 1.82) is 0 Å². The molecule has 2 aromatic carbocycles. The number of hydrogen-bond acceptors (Lipinski definition) is 3. The molecule has 2 N–H and O–H groups in total. The zero-order chi connectivity index (χ0) is 15.8. The lowest BCUT2D eigenvalue weighted by Gasteiger charge is -2.21. The van der Waals surface area contributed by atoms with Crippen LogP contribution in [0.25, 0.3) is 0 Å². The Morgan fingerprint density at radius 2 is 1.68 bits per heavy atom. The number of methoxy groups -OCH3 is 1. The molecule has 0 aromatic heterocycles. The molecule has 0 aliphatic carbocycles. The Bertz CT molecular complexity index is 545. The van der Waals surface area contributed by atoms with Gasteiger partial charge in [0.15, 0.2) is 0 Å². The number of halogens is 1. The molecule has 0 amide bonds. The van der Waals surface area contributed by atoms with Crippen molar-refractivity contribution in [3.05, 3.63) is 71.5 Å². The van der Waals surface area contributed by atoms with Crippen molar-refractivity contribution in [2.75, 3.05) is 20.3 Å². The van der Waals surface area contributed by atoms with E-state index in [0.717, 1.165) is 11.1 Å². The van der Waals surface area contributed by atoms with E-state index >= 15 is 0 Å². The number of nitrogens with one attached hydrogen (secondary N) is 1. The van der Waals surface area contributed by atoms with Gasteiger partial charge in [-0.1, -0.05) is 42.5 Å². The maximum absolute atomic E-state index is 13.1. The van der Waals surface area contributed by atoms with Crippen LogP contribution in [0.3, 0.4) is 0 Å². The third-order valence-corrected chi connectivity index (χ3v) is 3.52. The molecule has 0 spiro atoms. The fourth-order valence-electron chi connectivity index (χ4n) is 2.40. The van der Waals surface area contributed by atoms with E-state index in [0.29, 0.717) is 19.6 Å². The Morgan fingerprint density at radius 3 is 2.32 bits per heavy atom. The summed E-state index contributed by atoms with van der Waals surface area (Å²) in [6.07, 6.45) is 0.111. The summed E-state index contributed by atoms with van der Waals surface area (Å²) >= 11 is 0. The predicted molar refractivity (Wildman–Crippen MR) is 85.2 cm³/mol. The molecule has 0 aliphatic heterocycles. The molecule has 0 heterocycles. The molecular weight excluding hydrogens is 281 g/mol. The van der Waals surface area contributed by atoms with Gasteiger partial charge >= 0.3 is 0 Å². The van der Waals surface area contributed by atoms with Gasteiger partial charge in [0.05, 0.1) is 18.8 Å². The number of hydrogen-bond donors (Lipinski definition) is 2. The van der Waals surface area contributed by atoms with Gasteiger partial charge in [0.2, 0.25) is 0 Å². The van der Waals surface area contributed by atoms with Crippen LogP contribution in [-0.2, 0) is 4.74 Å². The SMILES string of the molecule is COCC(O)CCNC(c1ccccc1)c1ccc(F)cc1. The van der Waals surface area contributed by atoms with E-state index in [1.165, 1.54) is 12.1 Å². The number of benzene rings is 2. The molecule has 0 fully saturated rings. The topological polar surface area (TPSA) is 41.5 Å². The first kappa shape index (κ1) is 16.6. The van der Waals surface area contributed by atoms with Crippen LogP contribution in [0.5, 0.6) is 0 Å². The average molecular weight is 303 g/mol. The van der Waals surface area contributed by atoms with Crippen LogP contribution in [0.1, 0.15) is 23.6 Å². The second-order valence-electron chi connectivity index (χ2n) is 5.25. The van der Waals surface area contributed by atoms with Gasteiger partial charge in [-0.3, -0.25) is 0 Å². The van der Waals surface area contributed by atoms with E-state index in [4.69, 9.17) is 4.74 Å². The fraction of sp³-hybridized carbons (Fsp3) is 0.333. The summed E-state index contributed by atoms with van der Waals surface area (Å²) in [5.74, 6) is -0.244. The molecule has 2 atom stereocenters. The molecule has 0 radical (unpaired) electrons. The third-order valence-electron chi connectivity index (χ3n) is 3.52. The Morgan fingerprint density at radius 1 is 1.05 bits per heavy atom. The van der Waals surface area contributed by atoms with E-state index in [-0.39, 0.29) is 11.9 Å². The number of ether oxygens (including phenoxy) is 1. The van der Waals surface area contributed by atoms with Crippen LogP contribution in [-0.4, -0.2) is 31.5 Å². The normalized spacial score (nSPS) is 13.8. The first-order valence-corrected chi connectivity index (χ1v) is 7.41. The lowest BCUT2D eigenvalue weighted by atomic mass is 9.98. The first-order valence-electron chi connectivity index (χ1n) is 7.41. The molecular formula is C18H22FNO2. The van der Waals surface area contributed by atoms with Gasteiger partial charge in [-0.05, 0) is 36.2 Å². The molecule has 0 aliphatic rings. The van der Waals surface area contributed by atoms with Gasteiger partial charge in [0, 0.05) is 7.11 Å². The predicted octanol–water partition coefficient (Wildman–Crippen LogP) is 2.90. The molecule has 0 saturated heterocycles. The van der Waals surface area contributed by atoms with Crippen LogP contribution >= 0.6 is 0 Å². The average Bonchev–Trinajstić information content (AvgIpc) is 2.54. The minimum atomic E-state index is -0.484. The van der Waals surface area contributed by atoms with Crippen LogP contribution in [0.15, 0.2) is 54.6 Å². The van der Waals surface area contributed by atoms with Crippen molar-refractivity contribution >= 4 is 0 Å². The molecule has 2 unspecified atom stereocenters. The summed E-state index contributed by atoms with van der Waals surface area (Å²) in [5, 5.41) is 13.1. The van der Waals surface area contributed by atoms with Gasteiger partial charge in [-0.25, -0.2) is 4.39 Å². The fourth-order valence-corrected chi connectivity index (χ4v) is 2.40. The molecule has 0 bridgehead atoms. The highest BCUT2D eigenvalue weighted by Crippen LogP contribution is 2.22.